The number of morpholine rings is 1. The van der Waals surface area contributed by atoms with Crippen LogP contribution in [-0.2, 0) is 9.53 Å². The summed E-state index contributed by atoms with van der Waals surface area (Å²) < 4.78 is 16.6. The number of methoxy groups -OCH3 is 1. The summed E-state index contributed by atoms with van der Waals surface area (Å²) in [5, 5.41) is 11.7. The van der Waals surface area contributed by atoms with Gasteiger partial charge in [-0.15, -0.1) is 0 Å². The monoisotopic (exact) mass is 476 g/mol. The predicted octanol–water partition coefficient (Wildman–Crippen LogP) is 3.74. The summed E-state index contributed by atoms with van der Waals surface area (Å²) in [5.74, 6) is -0.904. The van der Waals surface area contributed by atoms with Gasteiger partial charge in [0.15, 0.2) is 11.5 Å². The Hall–Kier alpha value is -3.62. The summed E-state index contributed by atoms with van der Waals surface area (Å²) >= 11 is 0. The zero-order valence-electron chi connectivity index (χ0n) is 19.6. The molecule has 1 atom stereocenters. The van der Waals surface area contributed by atoms with Crippen molar-refractivity contribution in [3.05, 3.63) is 77.3 Å². The van der Waals surface area contributed by atoms with Gasteiger partial charge in [-0.25, -0.2) is 0 Å². The van der Waals surface area contributed by atoms with Crippen molar-refractivity contribution < 1.29 is 28.6 Å². The summed E-state index contributed by atoms with van der Waals surface area (Å²) in [6.45, 7) is 4.30. The molecular formula is C27H28N2O6. The van der Waals surface area contributed by atoms with E-state index in [0.717, 1.165) is 25.0 Å². The first-order valence-electron chi connectivity index (χ1n) is 11.8. The third-order valence-corrected chi connectivity index (χ3v) is 6.58. The maximum atomic E-state index is 13.6. The minimum atomic E-state index is -0.747. The van der Waals surface area contributed by atoms with Gasteiger partial charge in [-0.1, -0.05) is 30.3 Å². The Balaban J connectivity index is 1.47. The summed E-state index contributed by atoms with van der Waals surface area (Å²) in [6.07, 6.45) is 0.700. The van der Waals surface area contributed by atoms with Gasteiger partial charge in [0, 0.05) is 31.6 Å². The van der Waals surface area contributed by atoms with Crippen molar-refractivity contribution in [1.29, 1.82) is 0 Å². The molecule has 3 heterocycles. The molecule has 1 aromatic heterocycles. The molecular weight excluding hydrogens is 448 g/mol. The SMILES string of the molecule is COc1cccc([C@@H]2C(C(=O)c3cc4ccccc4o3)=C(O)C(=O)N2CCCN2CCOCC2)c1. The molecule has 8 nitrogen and oxygen atoms in total. The van der Waals surface area contributed by atoms with Gasteiger partial charge < -0.3 is 23.9 Å². The highest BCUT2D eigenvalue weighted by molar-refractivity contribution is 6.16. The zero-order chi connectivity index (χ0) is 24.4. The molecule has 0 bridgehead atoms. The number of aliphatic hydroxyl groups excluding tert-OH is 1. The van der Waals surface area contributed by atoms with Crippen LogP contribution in [0.4, 0.5) is 0 Å². The minimum Gasteiger partial charge on any atom is -0.503 e. The number of ketones is 1. The molecule has 2 aromatic carbocycles. The van der Waals surface area contributed by atoms with E-state index in [9.17, 15) is 14.7 Å². The van der Waals surface area contributed by atoms with E-state index in [2.05, 4.69) is 4.90 Å². The van der Waals surface area contributed by atoms with Crippen molar-refractivity contribution in [3.63, 3.8) is 0 Å². The van der Waals surface area contributed by atoms with E-state index in [1.165, 1.54) is 0 Å². The van der Waals surface area contributed by atoms with E-state index in [4.69, 9.17) is 13.9 Å². The van der Waals surface area contributed by atoms with Gasteiger partial charge in [-0.2, -0.15) is 0 Å². The number of para-hydroxylation sites is 1. The number of aliphatic hydroxyl groups is 1. The van der Waals surface area contributed by atoms with Crippen LogP contribution in [0.25, 0.3) is 11.0 Å². The number of fused-ring (bicyclic) bond motifs is 1. The number of nitrogens with zero attached hydrogens (tertiary/aromatic N) is 2. The normalized spacial score (nSPS) is 19.1. The van der Waals surface area contributed by atoms with Crippen LogP contribution in [0.1, 0.15) is 28.6 Å². The van der Waals surface area contributed by atoms with E-state index < -0.39 is 23.5 Å². The van der Waals surface area contributed by atoms with Crippen molar-refractivity contribution >= 4 is 22.7 Å². The molecule has 0 spiro atoms. The van der Waals surface area contributed by atoms with Gasteiger partial charge in [0.25, 0.3) is 5.91 Å². The number of carbonyl (C=O) groups is 2. The molecule has 2 aliphatic rings. The third-order valence-electron chi connectivity index (χ3n) is 6.58. The highest BCUT2D eigenvalue weighted by Crippen LogP contribution is 2.40. The molecule has 1 N–H and O–H groups in total. The van der Waals surface area contributed by atoms with Crippen LogP contribution in [-0.4, -0.2) is 73.1 Å². The highest BCUT2D eigenvalue weighted by Gasteiger charge is 2.44. The number of carbonyl (C=O) groups excluding carboxylic acids is 2. The molecule has 1 saturated heterocycles. The Labute approximate surface area is 203 Å². The first-order valence-corrected chi connectivity index (χ1v) is 11.8. The van der Waals surface area contributed by atoms with Crippen molar-refractivity contribution in [2.75, 3.05) is 46.5 Å². The zero-order valence-corrected chi connectivity index (χ0v) is 19.6. The smallest absolute Gasteiger partial charge is 0.290 e. The van der Waals surface area contributed by atoms with Crippen LogP contribution < -0.4 is 4.74 Å². The summed E-state index contributed by atoms with van der Waals surface area (Å²) in [4.78, 5) is 30.7. The van der Waals surface area contributed by atoms with Gasteiger partial charge in [-0.3, -0.25) is 14.5 Å². The Morgan fingerprint density at radius 3 is 2.66 bits per heavy atom. The van der Waals surface area contributed by atoms with Crippen LogP contribution in [0.15, 0.2) is 70.3 Å². The molecule has 1 amide bonds. The van der Waals surface area contributed by atoms with E-state index >= 15 is 0 Å². The standard InChI is InChI=1S/C27H28N2O6/c1-33-20-8-4-7-19(16-20)24-23(25(30)22-17-18-6-2-3-9-21(18)35-22)26(31)27(32)29(24)11-5-10-28-12-14-34-15-13-28/h2-4,6-9,16-17,24,31H,5,10-15H2,1H3/t24-/m1/s1. The number of furan rings is 1. The summed E-state index contributed by atoms with van der Waals surface area (Å²) in [5.41, 5.74) is 1.28. The second-order valence-electron chi connectivity index (χ2n) is 8.73. The molecule has 0 saturated carbocycles. The Morgan fingerprint density at radius 2 is 1.89 bits per heavy atom. The maximum Gasteiger partial charge on any atom is 0.290 e. The van der Waals surface area contributed by atoms with Crippen LogP contribution in [0, 0.1) is 0 Å². The molecule has 5 rings (SSSR count). The lowest BCUT2D eigenvalue weighted by atomic mass is 9.94. The molecule has 0 unspecified atom stereocenters. The number of benzene rings is 2. The number of hydrogen-bond donors (Lipinski definition) is 1. The lowest BCUT2D eigenvalue weighted by molar-refractivity contribution is -0.129. The van der Waals surface area contributed by atoms with Gasteiger partial charge in [0.1, 0.15) is 11.3 Å². The fraction of sp³-hybridized carbons (Fsp3) is 0.333. The Bertz CT molecular complexity index is 1240. The molecule has 0 radical (unpaired) electrons. The van der Waals surface area contributed by atoms with Crippen LogP contribution >= 0.6 is 0 Å². The van der Waals surface area contributed by atoms with Gasteiger partial charge in [-0.05, 0) is 36.2 Å². The third kappa shape index (κ3) is 4.54. The fourth-order valence-corrected chi connectivity index (χ4v) is 4.79. The van der Waals surface area contributed by atoms with Crippen LogP contribution in [0.3, 0.4) is 0 Å². The topological polar surface area (TPSA) is 92.5 Å². The fourth-order valence-electron chi connectivity index (χ4n) is 4.79. The number of rotatable bonds is 8. The maximum absolute atomic E-state index is 13.6. The highest BCUT2D eigenvalue weighted by atomic mass is 16.5. The molecule has 8 heteroatoms. The quantitative estimate of drug-likeness (QED) is 0.495. The van der Waals surface area contributed by atoms with E-state index in [0.29, 0.717) is 43.1 Å². The van der Waals surface area contributed by atoms with Gasteiger partial charge in [0.2, 0.25) is 5.78 Å². The molecule has 182 valence electrons. The number of Topliss-reactive ketones (excluding diaryl/α,β-unsaturated/α-hetero) is 1. The summed E-state index contributed by atoms with van der Waals surface area (Å²) in [7, 11) is 1.56. The predicted molar refractivity (Wildman–Crippen MR) is 130 cm³/mol. The van der Waals surface area contributed by atoms with E-state index in [1.54, 1.807) is 36.3 Å². The van der Waals surface area contributed by atoms with Crippen molar-refractivity contribution in [1.82, 2.24) is 9.80 Å². The van der Waals surface area contributed by atoms with Crippen LogP contribution in [0.5, 0.6) is 5.75 Å². The minimum absolute atomic E-state index is 0.0219. The van der Waals surface area contributed by atoms with Crippen molar-refractivity contribution in [3.8, 4) is 5.75 Å². The van der Waals surface area contributed by atoms with Crippen molar-refractivity contribution in [2.24, 2.45) is 0 Å². The molecule has 35 heavy (non-hydrogen) atoms. The Kier molecular flexibility index (Phi) is 6.57. The average Bonchev–Trinajstić information content (AvgIpc) is 3.44. The van der Waals surface area contributed by atoms with E-state index in [-0.39, 0.29) is 11.3 Å². The van der Waals surface area contributed by atoms with Gasteiger partial charge in [0.05, 0.1) is 31.9 Å². The number of hydrogen-bond acceptors (Lipinski definition) is 7. The largest absolute Gasteiger partial charge is 0.503 e. The second-order valence-corrected chi connectivity index (χ2v) is 8.73. The first kappa shape index (κ1) is 23.1. The van der Waals surface area contributed by atoms with Crippen molar-refractivity contribution in [2.45, 2.75) is 12.5 Å². The lowest BCUT2D eigenvalue weighted by Crippen LogP contribution is -2.39. The van der Waals surface area contributed by atoms with Gasteiger partial charge >= 0.3 is 0 Å². The Morgan fingerprint density at radius 1 is 1.09 bits per heavy atom. The molecule has 0 aliphatic carbocycles. The number of amides is 1. The summed E-state index contributed by atoms with van der Waals surface area (Å²) in [6, 6.07) is 15.4. The number of ether oxygens (including phenoxy) is 2. The second kappa shape index (κ2) is 9.93. The first-order chi connectivity index (χ1) is 17.1. The molecule has 1 fully saturated rings. The molecule has 3 aromatic rings. The van der Waals surface area contributed by atoms with E-state index in [1.807, 2.05) is 30.3 Å². The van der Waals surface area contributed by atoms with Crippen LogP contribution in [0.2, 0.25) is 0 Å². The average molecular weight is 477 g/mol. The molecule has 2 aliphatic heterocycles. The lowest BCUT2D eigenvalue weighted by Gasteiger charge is -2.30.